The Bertz CT molecular complexity index is 821. The van der Waals surface area contributed by atoms with E-state index < -0.39 is 0 Å². The second kappa shape index (κ2) is 9.72. The molecule has 2 aromatic rings. The van der Waals surface area contributed by atoms with Gasteiger partial charge in [-0.3, -0.25) is 15.0 Å². The minimum atomic E-state index is -0.0595. The molecule has 1 unspecified atom stereocenters. The Hall–Kier alpha value is -1.92. The van der Waals surface area contributed by atoms with Gasteiger partial charge >= 0.3 is 0 Å². The first-order valence-electron chi connectivity index (χ1n) is 10.4. The highest BCUT2D eigenvalue weighted by Gasteiger charge is 2.35. The summed E-state index contributed by atoms with van der Waals surface area (Å²) in [4.78, 5) is 17.4. The Morgan fingerprint density at radius 3 is 2.59 bits per heavy atom. The van der Waals surface area contributed by atoms with E-state index in [4.69, 9.17) is 16.3 Å². The molecule has 2 heterocycles. The van der Waals surface area contributed by atoms with Crippen molar-refractivity contribution in [2.45, 2.75) is 19.0 Å². The lowest BCUT2D eigenvalue weighted by Crippen LogP contribution is -2.40. The lowest BCUT2D eigenvalue weighted by atomic mass is 10.1. The number of halogens is 1. The summed E-state index contributed by atoms with van der Waals surface area (Å²) in [7, 11) is 0. The summed E-state index contributed by atoms with van der Waals surface area (Å²) in [6.07, 6.45) is 1.80. The molecule has 0 bridgehead atoms. The summed E-state index contributed by atoms with van der Waals surface area (Å²) in [5, 5.41) is 4.36. The third kappa shape index (κ3) is 4.98. The van der Waals surface area contributed by atoms with Crippen LogP contribution in [0.3, 0.4) is 0 Å². The summed E-state index contributed by atoms with van der Waals surface area (Å²) in [6.45, 7) is 6.30. The monoisotopic (exact) mass is 413 g/mol. The number of morpholine rings is 1. The van der Waals surface area contributed by atoms with Crippen molar-refractivity contribution in [3.63, 3.8) is 0 Å². The summed E-state index contributed by atoms with van der Waals surface area (Å²) in [5.41, 5.74) is 3.08. The molecule has 2 aromatic carbocycles. The Morgan fingerprint density at radius 1 is 1.03 bits per heavy atom. The highest BCUT2D eigenvalue weighted by molar-refractivity contribution is 6.30. The number of ether oxygens (including phenoxy) is 1. The van der Waals surface area contributed by atoms with Crippen LogP contribution in [0.25, 0.3) is 0 Å². The van der Waals surface area contributed by atoms with E-state index in [-0.39, 0.29) is 12.1 Å². The van der Waals surface area contributed by atoms with Crippen LogP contribution in [0.1, 0.15) is 34.1 Å². The third-order valence-corrected chi connectivity index (χ3v) is 5.96. The molecule has 5 nitrogen and oxygen atoms in total. The van der Waals surface area contributed by atoms with Crippen molar-refractivity contribution in [1.29, 1.82) is 0 Å². The van der Waals surface area contributed by atoms with Crippen molar-refractivity contribution in [3.8, 4) is 0 Å². The zero-order chi connectivity index (χ0) is 20.1. The molecule has 1 fully saturated rings. The van der Waals surface area contributed by atoms with Crippen LogP contribution >= 0.6 is 11.6 Å². The number of carbonyl (C=O) groups is 1. The Labute approximate surface area is 177 Å². The molecule has 2 aliphatic rings. The lowest BCUT2D eigenvalue weighted by molar-refractivity contribution is 0.0370. The van der Waals surface area contributed by atoms with Gasteiger partial charge in [-0.1, -0.05) is 41.9 Å². The molecule has 0 radical (unpaired) electrons. The Balaban J connectivity index is 1.37. The summed E-state index contributed by atoms with van der Waals surface area (Å²) in [6, 6.07) is 15.8. The minimum absolute atomic E-state index is 0.0595. The van der Waals surface area contributed by atoms with Gasteiger partial charge in [-0.2, -0.15) is 0 Å². The number of hydrogen-bond acceptors (Lipinski definition) is 4. The second-order valence-corrected chi connectivity index (χ2v) is 8.06. The van der Waals surface area contributed by atoms with Crippen molar-refractivity contribution >= 4 is 17.5 Å². The molecule has 0 aromatic heterocycles. The van der Waals surface area contributed by atoms with E-state index in [2.05, 4.69) is 16.3 Å². The van der Waals surface area contributed by atoms with Gasteiger partial charge in [0.05, 0.1) is 13.2 Å². The van der Waals surface area contributed by atoms with Crippen LogP contribution < -0.4 is 5.32 Å². The van der Waals surface area contributed by atoms with Gasteiger partial charge in [0.2, 0.25) is 0 Å². The SMILES string of the molecule is O=C1c2ccccc2C(NCCCN2CCOCC2)N1CCc1ccc(Cl)cc1. The predicted octanol–water partition coefficient (Wildman–Crippen LogP) is 3.35. The average Bonchev–Trinajstić information content (AvgIpc) is 3.03. The first-order valence-corrected chi connectivity index (χ1v) is 10.8. The number of nitrogens with zero attached hydrogens (tertiary/aromatic N) is 2. The lowest BCUT2D eigenvalue weighted by Gasteiger charge is -2.28. The Kier molecular flexibility index (Phi) is 6.82. The topological polar surface area (TPSA) is 44.8 Å². The van der Waals surface area contributed by atoms with Crippen LogP contribution in [0.5, 0.6) is 0 Å². The number of nitrogens with one attached hydrogen (secondary N) is 1. The standard InChI is InChI=1S/C23H28ClN3O2/c24-19-8-6-18(7-9-19)10-13-27-22(20-4-1-2-5-21(20)23(27)28)25-11-3-12-26-14-16-29-17-15-26/h1-2,4-9,22,25H,3,10-17H2. The molecular formula is C23H28ClN3O2. The maximum atomic E-state index is 13.0. The van der Waals surface area contributed by atoms with E-state index >= 15 is 0 Å². The normalized spacial score (nSPS) is 19.6. The van der Waals surface area contributed by atoms with Crippen LogP contribution in [0.2, 0.25) is 5.02 Å². The highest BCUT2D eigenvalue weighted by atomic mass is 35.5. The number of amides is 1. The highest BCUT2D eigenvalue weighted by Crippen LogP contribution is 2.31. The number of benzene rings is 2. The van der Waals surface area contributed by atoms with Crippen molar-refractivity contribution in [1.82, 2.24) is 15.1 Å². The van der Waals surface area contributed by atoms with Crippen molar-refractivity contribution in [2.75, 3.05) is 45.9 Å². The molecule has 1 atom stereocenters. The van der Waals surface area contributed by atoms with Gasteiger partial charge in [-0.25, -0.2) is 0 Å². The molecule has 4 rings (SSSR count). The fourth-order valence-corrected chi connectivity index (χ4v) is 4.21. The molecule has 1 N–H and O–H groups in total. The largest absolute Gasteiger partial charge is 0.379 e. The molecular weight excluding hydrogens is 386 g/mol. The zero-order valence-corrected chi connectivity index (χ0v) is 17.4. The van der Waals surface area contributed by atoms with Gasteiger partial charge in [0, 0.05) is 35.8 Å². The molecule has 2 aliphatic heterocycles. The van der Waals surface area contributed by atoms with Gasteiger partial charge in [-0.05, 0) is 49.7 Å². The summed E-state index contributed by atoms with van der Waals surface area (Å²) < 4.78 is 5.41. The Morgan fingerprint density at radius 2 is 1.79 bits per heavy atom. The first-order chi connectivity index (χ1) is 14.2. The van der Waals surface area contributed by atoms with Crippen LogP contribution in [-0.4, -0.2) is 61.6 Å². The van der Waals surface area contributed by atoms with Crippen molar-refractivity contribution in [2.24, 2.45) is 0 Å². The van der Waals surface area contributed by atoms with E-state index in [0.29, 0.717) is 6.54 Å². The minimum Gasteiger partial charge on any atom is -0.379 e. The average molecular weight is 414 g/mol. The molecule has 1 amide bonds. The summed E-state index contributed by atoms with van der Waals surface area (Å²) >= 11 is 5.99. The molecule has 1 saturated heterocycles. The molecule has 0 aliphatic carbocycles. The fraction of sp³-hybridized carbons (Fsp3) is 0.435. The van der Waals surface area contributed by atoms with Crippen LogP contribution in [0, 0.1) is 0 Å². The van der Waals surface area contributed by atoms with Crippen molar-refractivity contribution in [3.05, 3.63) is 70.2 Å². The maximum Gasteiger partial charge on any atom is 0.255 e. The molecule has 154 valence electrons. The number of rotatable bonds is 8. The van der Waals surface area contributed by atoms with E-state index in [1.165, 1.54) is 5.56 Å². The zero-order valence-electron chi connectivity index (χ0n) is 16.6. The van der Waals surface area contributed by atoms with Crippen LogP contribution in [0.4, 0.5) is 0 Å². The van der Waals surface area contributed by atoms with E-state index in [1.807, 2.05) is 47.4 Å². The smallest absolute Gasteiger partial charge is 0.255 e. The van der Waals surface area contributed by atoms with Crippen molar-refractivity contribution < 1.29 is 9.53 Å². The van der Waals surface area contributed by atoms with Crippen LogP contribution in [0.15, 0.2) is 48.5 Å². The molecule has 29 heavy (non-hydrogen) atoms. The predicted molar refractivity (Wildman–Crippen MR) is 115 cm³/mol. The van der Waals surface area contributed by atoms with Gasteiger partial charge in [0.1, 0.15) is 6.17 Å². The number of carbonyl (C=O) groups excluding carboxylic acids is 1. The van der Waals surface area contributed by atoms with E-state index in [9.17, 15) is 4.79 Å². The molecule has 0 spiro atoms. The summed E-state index contributed by atoms with van der Waals surface area (Å²) in [5.74, 6) is 0.111. The van der Waals surface area contributed by atoms with Gasteiger partial charge < -0.3 is 9.64 Å². The number of fused-ring (bicyclic) bond motifs is 1. The van der Waals surface area contributed by atoms with Crippen LogP contribution in [-0.2, 0) is 11.2 Å². The van der Waals surface area contributed by atoms with E-state index in [0.717, 1.165) is 68.4 Å². The quantitative estimate of drug-likeness (QED) is 0.674. The van der Waals surface area contributed by atoms with Gasteiger partial charge in [0.15, 0.2) is 0 Å². The fourth-order valence-electron chi connectivity index (χ4n) is 4.09. The van der Waals surface area contributed by atoms with Gasteiger partial charge in [-0.15, -0.1) is 0 Å². The first kappa shape index (κ1) is 20.4. The number of hydrogen-bond donors (Lipinski definition) is 1. The maximum absolute atomic E-state index is 13.0. The van der Waals surface area contributed by atoms with E-state index in [1.54, 1.807) is 0 Å². The molecule has 6 heteroatoms. The second-order valence-electron chi connectivity index (χ2n) is 7.63. The molecule has 0 saturated carbocycles. The third-order valence-electron chi connectivity index (χ3n) is 5.71. The van der Waals surface area contributed by atoms with Gasteiger partial charge in [0.25, 0.3) is 5.91 Å².